The normalized spacial score (nSPS) is 15.7. The largest absolute Gasteiger partial charge is 0.368 e. The average molecular weight is 444 g/mol. The molecular formula is C24H33N3O3S. The first kappa shape index (κ1) is 23.1. The molecule has 1 aliphatic rings. The molecule has 1 heterocycles. The lowest BCUT2D eigenvalue weighted by Crippen LogP contribution is -2.55. The predicted molar refractivity (Wildman–Crippen MR) is 127 cm³/mol. The van der Waals surface area contributed by atoms with E-state index in [9.17, 15) is 13.2 Å². The van der Waals surface area contributed by atoms with E-state index in [1.807, 2.05) is 32.0 Å². The van der Waals surface area contributed by atoms with E-state index in [4.69, 9.17) is 0 Å². The van der Waals surface area contributed by atoms with Crippen molar-refractivity contribution < 1.29 is 13.2 Å². The maximum atomic E-state index is 13.3. The number of aryl methyl sites for hydroxylation is 3. The summed E-state index contributed by atoms with van der Waals surface area (Å²) in [6.45, 7) is 12.3. The minimum Gasteiger partial charge on any atom is -0.368 e. The number of rotatable bonds is 5. The van der Waals surface area contributed by atoms with Crippen molar-refractivity contribution in [2.45, 2.75) is 40.7 Å². The van der Waals surface area contributed by atoms with Crippen LogP contribution in [-0.4, -0.2) is 57.7 Å². The highest BCUT2D eigenvalue weighted by atomic mass is 32.2. The molecule has 1 aliphatic heterocycles. The molecule has 6 nitrogen and oxygen atoms in total. The van der Waals surface area contributed by atoms with Gasteiger partial charge < -0.3 is 9.80 Å². The van der Waals surface area contributed by atoms with Crippen LogP contribution in [0.5, 0.6) is 0 Å². The van der Waals surface area contributed by atoms with E-state index in [0.717, 1.165) is 30.5 Å². The summed E-state index contributed by atoms with van der Waals surface area (Å²) in [5.41, 5.74) is 6.06. The van der Waals surface area contributed by atoms with Gasteiger partial charge in [0.25, 0.3) is 0 Å². The van der Waals surface area contributed by atoms with Crippen LogP contribution in [0.2, 0.25) is 0 Å². The molecule has 1 saturated heterocycles. The fourth-order valence-electron chi connectivity index (χ4n) is 4.24. The minimum atomic E-state index is -3.63. The number of amides is 1. The number of carbonyl (C=O) groups excluding carboxylic acids is 1. The number of anilines is 2. The summed E-state index contributed by atoms with van der Waals surface area (Å²) in [5, 5.41) is 0. The Bertz CT molecular complexity index is 1070. The molecule has 2 aromatic rings. The van der Waals surface area contributed by atoms with Crippen LogP contribution in [0.25, 0.3) is 0 Å². The molecule has 1 amide bonds. The van der Waals surface area contributed by atoms with Gasteiger partial charge in [0.15, 0.2) is 0 Å². The van der Waals surface area contributed by atoms with Gasteiger partial charge in [0.2, 0.25) is 15.9 Å². The molecule has 0 aromatic heterocycles. The Kier molecular flexibility index (Phi) is 6.65. The molecule has 3 rings (SSSR count). The lowest BCUT2D eigenvalue weighted by Gasteiger charge is -2.39. The number of hydrogen-bond acceptors (Lipinski definition) is 4. The van der Waals surface area contributed by atoms with Crippen molar-refractivity contribution in [1.82, 2.24) is 4.90 Å². The molecule has 0 spiro atoms. The molecule has 0 saturated carbocycles. The van der Waals surface area contributed by atoms with Gasteiger partial charge in [-0.25, -0.2) is 8.42 Å². The molecule has 7 heteroatoms. The number of sulfonamides is 1. The summed E-state index contributed by atoms with van der Waals surface area (Å²) in [4.78, 5) is 17.4. The molecule has 1 fully saturated rings. The van der Waals surface area contributed by atoms with Gasteiger partial charge in [-0.2, -0.15) is 0 Å². The van der Waals surface area contributed by atoms with Crippen LogP contribution >= 0.6 is 0 Å². The third-order valence-electron chi connectivity index (χ3n) is 6.18. The van der Waals surface area contributed by atoms with Crippen LogP contribution in [-0.2, 0) is 14.8 Å². The van der Waals surface area contributed by atoms with Crippen LogP contribution in [0.3, 0.4) is 0 Å². The molecule has 0 bridgehead atoms. The zero-order valence-corrected chi connectivity index (χ0v) is 20.2. The topological polar surface area (TPSA) is 60.9 Å². The lowest BCUT2D eigenvalue weighted by atomic mass is 10.1. The average Bonchev–Trinajstić information content (AvgIpc) is 2.71. The van der Waals surface area contributed by atoms with Crippen molar-refractivity contribution in [3.05, 3.63) is 58.7 Å². The third-order valence-corrected chi connectivity index (χ3v) is 7.40. The monoisotopic (exact) mass is 443 g/mol. The van der Waals surface area contributed by atoms with Gasteiger partial charge >= 0.3 is 0 Å². The van der Waals surface area contributed by atoms with Gasteiger partial charge in [0, 0.05) is 31.9 Å². The second-order valence-corrected chi connectivity index (χ2v) is 10.4. The second kappa shape index (κ2) is 8.91. The highest BCUT2D eigenvalue weighted by Crippen LogP contribution is 2.28. The predicted octanol–water partition coefficient (Wildman–Crippen LogP) is 3.42. The summed E-state index contributed by atoms with van der Waals surface area (Å²) < 4.78 is 26.6. The van der Waals surface area contributed by atoms with E-state index in [2.05, 4.69) is 36.9 Å². The molecule has 168 valence electrons. The first-order valence-corrected chi connectivity index (χ1v) is 12.5. The third kappa shape index (κ3) is 4.87. The van der Waals surface area contributed by atoms with Gasteiger partial charge in [-0.05, 0) is 69.0 Å². The summed E-state index contributed by atoms with van der Waals surface area (Å²) in [5.74, 6) is -0.160. The molecule has 0 unspecified atom stereocenters. The summed E-state index contributed by atoms with van der Waals surface area (Å²) in [6.07, 6.45) is 1.16. The maximum Gasteiger partial charge on any atom is 0.246 e. The molecule has 2 aromatic carbocycles. The van der Waals surface area contributed by atoms with Crippen LogP contribution < -0.4 is 9.21 Å². The Morgan fingerprint density at radius 3 is 2.23 bits per heavy atom. The zero-order valence-electron chi connectivity index (χ0n) is 19.3. The van der Waals surface area contributed by atoms with Crippen molar-refractivity contribution in [2.75, 3.05) is 41.6 Å². The number of benzene rings is 2. The summed E-state index contributed by atoms with van der Waals surface area (Å²) in [7, 11) is -3.63. The smallest absolute Gasteiger partial charge is 0.246 e. The fraction of sp³-hybridized carbons (Fsp3) is 0.458. The Hall–Kier alpha value is -2.54. The Morgan fingerprint density at radius 1 is 0.968 bits per heavy atom. The molecule has 0 aliphatic carbocycles. The molecule has 31 heavy (non-hydrogen) atoms. The number of piperazine rings is 1. The van der Waals surface area contributed by atoms with E-state index < -0.39 is 16.1 Å². The van der Waals surface area contributed by atoms with Crippen LogP contribution in [0.15, 0.2) is 36.4 Å². The van der Waals surface area contributed by atoms with Crippen molar-refractivity contribution in [3.63, 3.8) is 0 Å². The van der Waals surface area contributed by atoms with Crippen molar-refractivity contribution in [2.24, 2.45) is 0 Å². The summed E-state index contributed by atoms with van der Waals surface area (Å²) in [6, 6.07) is 11.1. The van der Waals surface area contributed by atoms with E-state index in [1.165, 1.54) is 21.1 Å². The number of nitrogens with zero attached hydrogens (tertiary/aromatic N) is 3. The molecule has 0 radical (unpaired) electrons. The first-order chi connectivity index (χ1) is 14.5. The fourth-order valence-corrected chi connectivity index (χ4v) is 5.46. The first-order valence-electron chi connectivity index (χ1n) is 10.7. The quantitative estimate of drug-likeness (QED) is 0.710. The van der Waals surface area contributed by atoms with Gasteiger partial charge in [-0.15, -0.1) is 0 Å². The SMILES string of the molecule is Cc1ccc(C)c(N([C@H](C)C(=O)N2CCN(c3cccc(C)c3C)CC2)S(C)(=O)=O)c1. The van der Waals surface area contributed by atoms with Gasteiger partial charge in [-0.1, -0.05) is 24.3 Å². The van der Waals surface area contributed by atoms with Crippen LogP contribution in [0, 0.1) is 27.7 Å². The molecular weight excluding hydrogens is 410 g/mol. The van der Waals surface area contributed by atoms with Gasteiger partial charge in [-0.3, -0.25) is 9.10 Å². The Labute approximate surface area is 186 Å². The van der Waals surface area contributed by atoms with Crippen molar-refractivity contribution >= 4 is 27.3 Å². The molecule has 0 N–H and O–H groups in total. The van der Waals surface area contributed by atoms with Gasteiger partial charge in [0.1, 0.15) is 6.04 Å². The van der Waals surface area contributed by atoms with E-state index in [1.54, 1.807) is 11.8 Å². The maximum absolute atomic E-state index is 13.3. The molecule has 1 atom stereocenters. The minimum absolute atomic E-state index is 0.160. The van der Waals surface area contributed by atoms with Crippen LogP contribution in [0.4, 0.5) is 11.4 Å². The standard InChI is InChI=1S/C24H33N3O3S/c1-17-10-11-19(3)23(16-17)27(31(6,29)30)21(5)24(28)26-14-12-25(13-15-26)22-9-7-8-18(2)20(22)4/h7-11,16,21H,12-15H2,1-6H3/t21-/m1/s1. The summed E-state index contributed by atoms with van der Waals surface area (Å²) >= 11 is 0. The van der Waals surface area contributed by atoms with Crippen molar-refractivity contribution in [1.29, 1.82) is 0 Å². The number of hydrogen-bond donors (Lipinski definition) is 0. The highest BCUT2D eigenvalue weighted by Gasteiger charge is 2.34. The van der Waals surface area contributed by atoms with Crippen molar-refractivity contribution in [3.8, 4) is 0 Å². The number of carbonyl (C=O) groups is 1. The Balaban J connectivity index is 1.79. The van der Waals surface area contributed by atoms with E-state index >= 15 is 0 Å². The van der Waals surface area contributed by atoms with Gasteiger partial charge in [0.05, 0.1) is 11.9 Å². The zero-order chi connectivity index (χ0) is 22.9. The highest BCUT2D eigenvalue weighted by molar-refractivity contribution is 7.92. The van der Waals surface area contributed by atoms with Crippen LogP contribution in [0.1, 0.15) is 29.2 Å². The lowest BCUT2D eigenvalue weighted by molar-refractivity contribution is -0.132. The second-order valence-electron chi connectivity index (χ2n) is 8.56. The van der Waals surface area contributed by atoms with E-state index in [-0.39, 0.29) is 5.91 Å². The van der Waals surface area contributed by atoms with E-state index in [0.29, 0.717) is 18.8 Å². The Morgan fingerprint density at radius 2 is 1.61 bits per heavy atom.